The van der Waals surface area contributed by atoms with Gasteiger partial charge in [0.05, 0.1) is 6.04 Å². The number of alkyl halides is 2. The molecule has 1 fully saturated rings. The van der Waals surface area contributed by atoms with Gasteiger partial charge in [-0.15, -0.1) is 12.4 Å². The number of piperidine rings is 1. The molecule has 1 N–H and O–H groups in total. The van der Waals surface area contributed by atoms with Crippen LogP contribution in [0.15, 0.2) is 0 Å². The Morgan fingerprint density at radius 1 is 1.50 bits per heavy atom. The zero-order valence-electron chi connectivity index (χ0n) is 5.86. The van der Waals surface area contributed by atoms with Crippen molar-refractivity contribution >= 4 is 12.4 Å². The molecule has 0 aromatic rings. The lowest BCUT2D eigenvalue weighted by molar-refractivity contribution is -0.0545. The highest BCUT2D eigenvalue weighted by atomic mass is 35.5. The van der Waals surface area contributed by atoms with Gasteiger partial charge in [0.25, 0.3) is 5.92 Å². The van der Waals surface area contributed by atoms with Crippen molar-refractivity contribution in [3.63, 3.8) is 0 Å². The first-order chi connectivity index (χ1) is 4.13. The topological polar surface area (TPSA) is 12.0 Å². The van der Waals surface area contributed by atoms with Crippen LogP contribution < -0.4 is 5.32 Å². The van der Waals surface area contributed by atoms with Gasteiger partial charge in [0.1, 0.15) is 0 Å². The number of nitrogens with one attached hydrogen (secondary N) is 1. The van der Waals surface area contributed by atoms with Crippen molar-refractivity contribution < 1.29 is 8.78 Å². The Balaban J connectivity index is 0.000000810. The Morgan fingerprint density at radius 3 is 2.40 bits per heavy atom. The summed E-state index contributed by atoms with van der Waals surface area (Å²) in [5.41, 5.74) is 0. The van der Waals surface area contributed by atoms with Crippen LogP contribution in [0.4, 0.5) is 8.78 Å². The smallest absolute Gasteiger partial charge is 0.262 e. The highest BCUT2D eigenvalue weighted by molar-refractivity contribution is 5.85. The molecule has 0 bridgehead atoms. The summed E-state index contributed by atoms with van der Waals surface area (Å²) >= 11 is 0. The summed E-state index contributed by atoms with van der Waals surface area (Å²) in [5, 5.41) is 2.72. The molecule has 1 aliphatic heterocycles. The second-order valence-electron chi connectivity index (χ2n) is 2.54. The van der Waals surface area contributed by atoms with Gasteiger partial charge in [-0.2, -0.15) is 0 Å². The zero-order chi connectivity index (χ0) is 6.91. The summed E-state index contributed by atoms with van der Waals surface area (Å²) in [6, 6.07) is -0.633. The fourth-order valence-corrected chi connectivity index (χ4v) is 1.01. The Kier molecular flexibility index (Phi) is 3.52. The molecule has 0 aromatic carbocycles. The van der Waals surface area contributed by atoms with Crippen LogP contribution in [0.2, 0.25) is 0 Å². The molecule has 1 atom stereocenters. The van der Waals surface area contributed by atoms with Crippen LogP contribution in [0.1, 0.15) is 19.8 Å². The van der Waals surface area contributed by atoms with Crippen LogP contribution in [0.3, 0.4) is 0 Å². The molecule has 0 aliphatic carbocycles. The van der Waals surface area contributed by atoms with E-state index in [1.165, 1.54) is 6.92 Å². The third-order valence-electron chi connectivity index (χ3n) is 1.77. The SMILES string of the molecule is CC1NCCCC1(F)F.Cl. The second kappa shape index (κ2) is 3.49. The van der Waals surface area contributed by atoms with Crippen molar-refractivity contribution in [2.75, 3.05) is 6.54 Å². The molecule has 1 nitrogen and oxygen atoms in total. The summed E-state index contributed by atoms with van der Waals surface area (Å²) in [6.07, 6.45) is 0.637. The van der Waals surface area contributed by atoms with Crippen molar-refractivity contribution in [2.45, 2.75) is 31.7 Å². The lowest BCUT2D eigenvalue weighted by Gasteiger charge is -2.29. The predicted octanol–water partition coefficient (Wildman–Crippen LogP) is 1.82. The number of hydrogen-bond acceptors (Lipinski definition) is 1. The molecule has 0 aromatic heterocycles. The highest BCUT2D eigenvalue weighted by Gasteiger charge is 2.37. The van der Waals surface area contributed by atoms with Crippen molar-refractivity contribution in [3.8, 4) is 0 Å². The van der Waals surface area contributed by atoms with Gasteiger partial charge in [-0.3, -0.25) is 0 Å². The maximum Gasteiger partial charge on any atom is 0.262 e. The average molecular weight is 172 g/mol. The van der Waals surface area contributed by atoms with E-state index >= 15 is 0 Å². The molecular weight excluding hydrogens is 160 g/mol. The molecular formula is C6H12ClF2N. The molecule has 1 unspecified atom stereocenters. The average Bonchev–Trinajstić information content (AvgIpc) is 1.77. The van der Waals surface area contributed by atoms with Crippen molar-refractivity contribution in [3.05, 3.63) is 0 Å². The number of rotatable bonds is 0. The summed E-state index contributed by atoms with van der Waals surface area (Å²) in [6.45, 7) is 2.26. The minimum absolute atomic E-state index is 0. The van der Waals surface area contributed by atoms with Gasteiger partial charge < -0.3 is 5.32 Å². The summed E-state index contributed by atoms with van der Waals surface area (Å²) in [7, 11) is 0. The minimum Gasteiger partial charge on any atom is -0.309 e. The van der Waals surface area contributed by atoms with E-state index in [1.54, 1.807) is 0 Å². The molecule has 0 spiro atoms. The van der Waals surface area contributed by atoms with Gasteiger partial charge in [0.15, 0.2) is 0 Å². The number of halogens is 3. The van der Waals surface area contributed by atoms with E-state index in [1.807, 2.05) is 0 Å². The third kappa shape index (κ3) is 2.06. The summed E-state index contributed by atoms with van der Waals surface area (Å²) in [4.78, 5) is 0. The fraction of sp³-hybridized carbons (Fsp3) is 1.00. The standard InChI is InChI=1S/C6H11F2N.ClH/c1-5-6(7,8)3-2-4-9-5;/h5,9H,2-4H2,1H3;1H. The van der Waals surface area contributed by atoms with Crippen LogP contribution in [-0.4, -0.2) is 18.5 Å². The third-order valence-corrected chi connectivity index (χ3v) is 1.77. The van der Waals surface area contributed by atoms with Crippen molar-refractivity contribution in [1.29, 1.82) is 0 Å². The van der Waals surface area contributed by atoms with E-state index in [2.05, 4.69) is 5.32 Å². The van der Waals surface area contributed by atoms with Crippen LogP contribution in [0, 0.1) is 0 Å². The Labute approximate surface area is 65.6 Å². The highest BCUT2D eigenvalue weighted by Crippen LogP contribution is 2.26. The van der Waals surface area contributed by atoms with Crippen LogP contribution in [0.25, 0.3) is 0 Å². The summed E-state index contributed by atoms with van der Waals surface area (Å²) in [5.74, 6) is -2.47. The Morgan fingerprint density at radius 2 is 2.10 bits per heavy atom. The summed E-state index contributed by atoms with van der Waals surface area (Å²) < 4.78 is 25.1. The Bertz CT molecular complexity index is 108. The molecule has 62 valence electrons. The van der Waals surface area contributed by atoms with E-state index < -0.39 is 12.0 Å². The first-order valence-corrected chi connectivity index (χ1v) is 3.24. The normalized spacial score (nSPS) is 30.9. The maximum atomic E-state index is 12.5. The van der Waals surface area contributed by atoms with Crippen LogP contribution in [0.5, 0.6) is 0 Å². The number of hydrogen-bond donors (Lipinski definition) is 1. The van der Waals surface area contributed by atoms with E-state index in [0.717, 1.165) is 6.54 Å². The van der Waals surface area contributed by atoms with Crippen molar-refractivity contribution in [1.82, 2.24) is 5.32 Å². The van der Waals surface area contributed by atoms with Gasteiger partial charge in [-0.1, -0.05) is 0 Å². The van der Waals surface area contributed by atoms with E-state index in [4.69, 9.17) is 0 Å². The Hall–Kier alpha value is 0.110. The van der Waals surface area contributed by atoms with Crippen LogP contribution >= 0.6 is 12.4 Å². The van der Waals surface area contributed by atoms with Gasteiger partial charge in [-0.25, -0.2) is 8.78 Å². The predicted molar refractivity (Wildman–Crippen MR) is 38.9 cm³/mol. The second-order valence-corrected chi connectivity index (χ2v) is 2.54. The van der Waals surface area contributed by atoms with Crippen molar-refractivity contribution in [2.24, 2.45) is 0 Å². The molecule has 0 amide bonds. The first-order valence-electron chi connectivity index (χ1n) is 3.24. The maximum absolute atomic E-state index is 12.5. The van der Waals surface area contributed by atoms with Gasteiger partial charge in [0.2, 0.25) is 0 Å². The molecule has 1 aliphatic rings. The first kappa shape index (κ1) is 10.1. The molecule has 10 heavy (non-hydrogen) atoms. The lowest BCUT2D eigenvalue weighted by atomic mass is 10.0. The fourth-order valence-electron chi connectivity index (χ4n) is 1.01. The van der Waals surface area contributed by atoms with E-state index in [-0.39, 0.29) is 18.8 Å². The molecule has 4 heteroatoms. The van der Waals surface area contributed by atoms with Gasteiger partial charge >= 0.3 is 0 Å². The van der Waals surface area contributed by atoms with Gasteiger partial charge in [0, 0.05) is 6.42 Å². The largest absolute Gasteiger partial charge is 0.309 e. The lowest BCUT2D eigenvalue weighted by Crippen LogP contribution is -2.47. The molecule has 1 saturated heterocycles. The molecule has 1 heterocycles. The minimum atomic E-state index is -2.47. The monoisotopic (exact) mass is 171 g/mol. The zero-order valence-corrected chi connectivity index (χ0v) is 6.68. The van der Waals surface area contributed by atoms with E-state index in [9.17, 15) is 8.78 Å². The molecule has 1 rings (SSSR count). The van der Waals surface area contributed by atoms with Crippen LogP contribution in [-0.2, 0) is 0 Å². The molecule has 0 saturated carbocycles. The van der Waals surface area contributed by atoms with E-state index in [0.29, 0.717) is 6.42 Å². The van der Waals surface area contributed by atoms with Gasteiger partial charge in [-0.05, 0) is 19.9 Å². The molecule has 0 radical (unpaired) electrons. The quantitative estimate of drug-likeness (QED) is 0.586.